The molecule has 0 aromatic heterocycles. The van der Waals surface area contributed by atoms with Crippen molar-refractivity contribution in [1.29, 1.82) is 0 Å². The first-order chi connectivity index (χ1) is 9.33. The van der Waals surface area contributed by atoms with Crippen molar-refractivity contribution in [3.05, 3.63) is 29.3 Å². The molecule has 0 bridgehead atoms. The average Bonchev–Trinajstić information content (AvgIpc) is 2.43. The summed E-state index contributed by atoms with van der Waals surface area (Å²) < 4.78 is 5.65. The summed E-state index contributed by atoms with van der Waals surface area (Å²) in [5.41, 5.74) is 0. The molecule has 0 radical (unpaired) electrons. The summed E-state index contributed by atoms with van der Waals surface area (Å²) in [7, 11) is 0. The summed E-state index contributed by atoms with van der Waals surface area (Å²) in [4.78, 5) is 0. The number of nitrogens with one attached hydrogen (secondary N) is 1. The molecular formula is C16H26ClNO. The van der Waals surface area contributed by atoms with E-state index in [0.717, 1.165) is 36.9 Å². The van der Waals surface area contributed by atoms with Gasteiger partial charge in [0.2, 0.25) is 0 Å². The molecule has 0 spiro atoms. The lowest BCUT2D eigenvalue weighted by Crippen LogP contribution is -2.16. The maximum absolute atomic E-state index is 5.81. The molecule has 1 rings (SSSR count). The van der Waals surface area contributed by atoms with Crippen LogP contribution in [0.15, 0.2) is 24.3 Å². The highest BCUT2D eigenvalue weighted by Crippen LogP contribution is 2.15. The molecule has 1 N–H and O–H groups in total. The first kappa shape index (κ1) is 16.3. The Balaban J connectivity index is 1.87. The third-order valence-electron chi connectivity index (χ3n) is 3.04. The predicted octanol–water partition coefficient (Wildman–Crippen LogP) is 4.67. The molecule has 0 fully saturated rings. The van der Waals surface area contributed by atoms with Crippen molar-refractivity contribution >= 4 is 11.6 Å². The number of ether oxygens (including phenoxy) is 1. The summed E-state index contributed by atoms with van der Waals surface area (Å²) in [6, 6.07) is 7.55. The number of halogens is 1. The third kappa shape index (κ3) is 8.90. The topological polar surface area (TPSA) is 21.3 Å². The van der Waals surface area contributed by atoms with Gasteiger partial charge in [0, 0.05) is 5.02 Å². The standard InChI is InChI=1S/C16H26ClNO/c1-2-3-12-18-13-6-4-5-7-14-19-16-10-8-15(17)9-11-16/h8-11,18H,2-7,12-14H2,1H3. The van der Waals surface area contributed by atoms with E-state index in [9.17, 15) is 0 Å². The molecule has 0 aliphatic heterocycles. The van der Waals surface area contributed by atoms with Crippen molar-refractivity contribution in [2.24, 2.45) is 0 Å². The molecule has 0 unspecified atom stereocenters. The van der Waals surface area contributed by atoms with E-state index in [0.29, 0.717) is 0 Å². The average molecular weight is 284 g/mol. The Hall–Kier alpha value is -0.730. The van der Waals surface area contributed by atoms with Crippen LogP contribution in [-0.4, -0.2) is 19.7 Å². The van der Waals surface area contributed by atoms with Crippen LogP contribution in [0.25, 0.3) is 0 Å². The van der Waals surface area contributed by atoms with Crippen molar-refractivity contribution in [3.8, 4) is 5.75 Å². The first-order valence-corrected chi connectivity index (χ1v) is 7.80. The van der Waals surface area contributed by atoms with Crippen LogP contribution < -0.4 is 10.1 Å². The predicted molar refractivity (Wildman–Crippen MR) is 83.2 cm³/mol. The second kappa shape index (κ2) is 11.1. The number of hydrogen-bond donors (Lipinski definition) is 1. The quantitative estimate of drug-likeness (QED) is 0.596. The summed E-state index contributed by atoms with van der Waals surface area (Å²) >= 11 is 5.81. The Kier molecular flexibility index (Phi) is 9.56. The van der Waals surface area contributed by atoms with E-state index in [1.165, 1.54) is 32.1 Å². The van der Waals surface area contributed by atoms with Crippen molar-refractivity contribution in [3.63, 3.8) is 0 Å². The van der Waals surface area contributed by atoms with Gasteiger partial charge in [-0.3, -0.25) is 0 Å². The second-order valence-corrected chi connectivity index (χ2v) is 5.26. The zero-order valence-electron chi connectivity index (χ0n) is 12.0. The minimum atomic E-state index is 0.753. The Bertz CT molecular complexity index is 313. The highest BCUT2D eigenvalue weighted by molar-refractivity contribution is 6.30. The van der Waals surface area contributed by atoms with E-state index in [2.05, 4.69) is 12.2 Å². The summed E-state index contributed by atoms with van der Waals surface area (Å²) in [5.74, 6) is 0.908. The van der Waals surface area contributed by atoms with Gasteiger partial charge in [-0.2, -0.15) is 0 Å². The Labute approximate surface area is 122 Å². The van der Waals surface area contributed by atoms with E-state index in [1.54, 1.807) is 0 Å². The smallest absolute Gasteiger partial charge is 0.119 e. The number of rotatable bonds is 11. The SMILES string of the molecule is CCCCNCCCCCCOc1ccc(Cl)cc1. The minimum absolute atomic E-state index is 0.753. The van der Waals surface area contributed by atoms with E-state index < -0.39 is 0 Å². The molecule has 0 amide bonds. The molecule has 0 aliphatic carbocycles. The van der Waals surface area contributed by atoms with Gasteiger partial charge in [-0.25, -0.2) is 0 Å². The highest BCUT2D eigenvalue weighted by atomic mass is 35.5. The first-order valence-electron chi connectivity index (χ1n) is 7.42. The number of benzene rings is 1. The fourth-order valence-corrected chi connectivity index (χ4v) is 1.98. The fourth-order valence-electron chi connectivity index (χ4n) is 1.85. The van der Waals surface area contributed by atoms with Crippen LogP contribution in [0.4, 0.5) is 0 Å². The maximum Gasteiger partial charge on any atom is 0.119 e. The molecular weight excluding hydrogens is 258 g/mol. The van der Waals surface area contributed by atoms with Crippen LogP contribution in [0.3, 0.4) is 0 Å². The van der Waals surface area contributed by atoms with Crippen molar-refractivity contribution in [2.45, 2.75) is 45.4 Å². The van der Waals surface area contributed by atoms with Gasteiger partial charge in [0.1, 0.15) is 5.75 Å². The summed E-state index contributed by atoms with van der Waals surface area (Å²) in [6.07, 6.45) is 7.47. The van der Waals surface area contributed by atoms with Crippen molar-refractivity contribution < 1.29 is 4.74 Å². The largest absolute Gasteiger partial charge is 0.494 e. The fraction of sp³-hybridized carbons (Fsp3) is 0.625. The highest BCUT2D eigenvalue weighted by Gasteiger charge is 1.94. The van der Waals surface area contributed by atoms with Crippen LogP contribution >= 0.6 is 11.6 Å². The molecule has 0 atom stereocenters. The van der Waals surface area contributed by atoms with Crippen molar-refractivity contribution in [1.82, 2.24) is 5.32 Å². The monoisotopic (exact) mass is 283 g/mol. The van der Waals surface area contributed by atoms with Gasteiger partial charge in [-0.1, -0.05) is 37.8 Å². The molecule has 3 heteroatoms. The molecule has 1 aromatic carbocycles. The van der Waals surface area contributed by atoms with Gasteiger partial charge in [-0.15, -0.1) is 0 Å². The van der Waals surface area contributed by atoms with Crippen LogP contribution in [-0.2, 0) is 0 Å². The molecule has 2 nitrogen and oxygen atoms in total. The Morgan fingerprint density at radius 1 is 0.947 bits per heavy atom. The summed E-state index contributed by atoms with van der Waals surface area (Å²) in [5, 5.41) is 4.22. The normalized spacial score (nSPS) is 10.6. The third-order valence-corrected chi connectivity index (χ3v) is 3.29. The van der Waals surface area contributed by atoms with Crippen LogP contribution in [0.5, 0.6) is 5.75 Å². The van der Waals surface area contributed by atoms with Gasteiger partial charge in [0.15, 0.2) is 0 Å². The molecule has 0 aliphatic rings. The zero-order chi connectivity index (χ0) is 13.8. The van der Waals surface area contributed by atoms with Gasteiger partial charge in [0.25, 0.3) is 0 Å². The lowest BCUT2D eigenvalue weighted by Gasteiger charge is -2.06. The Morgan fingerprint density at radius 3 is 2.37 bits per heavy atom. The second-order valence-electron chi connectivity index (χ2n) is 4.82. The minimum Gasteiger partial charge on any atom is -0.494 e. The van der Waals surface area contributed by atoms with Crippen LogP contribution in [0, 0.1) is 0 Å². The number of hydrogen-bond acceptors (Lipinski definition) is 2. The molecule has 1 aromatic rings. The van der Waals surface area contributed by atoms with E-state index in [1.807, 2.05) is 24.3 Å². The van der Waals surface area contributed by atoms with Gasteiger partial charge in [-0.05, 0) is 56.6 Å². The van der Waals surface area contributed by atoms with Crippen molar-refractivity contribution in [2.75, 3.05) is 19.7 Å². The van der Waals surface area contributed by atoms with E-state index in [4.69, 9.17) is 16.3 Å². The number of unbranched alkanes of at least 4 members (excludes halogenated alkanes) is 4. The van der Waals surface area contributed by atoms with E-state index in [-0.39, 0.29) is 0 Å². The van der Waals surface area contributed by atoms with Gasteiger partial charge < -0.3 is 10.1 Å². The molecule has 0 saturated heterocycles. The Morgan fingerprint density at radius 2 is 1.63 bits per heavy atom. The van der Waals surface area contributed by atoms with Gasteiger partial charge in [0.05, 0.1) is 6.61 Å². The van der Waals surface area contributed by atoms with Crippen LogP contribution in [0.1, 0.15) is 45.4 Å². The molecule has 0 heterocycles. The van der Waals surface area contributed by atoms with Gasteiger partial charge >= 0.3 is 0 Å². The van der Waals surface area contributed by atoms with E-state index >= 15 is 0 Å². The molecule has 0 saturated carbocycles. The molecule has 108 valence electrons. The summed E-state index contributed by atoms with van der Waals surface area (Å²) in [6.45, 7) is 5.33. The maximum atomic E-state index is 5.81. The van der Waals surface area contributed by atoms with Crippen LogP contribution in [0.2, 0.25) is 5.02 Å². The lowest BCUT2D eigenvalue weighted by molar-refractivity contribution is 0.304. The zero-order valence-corrected chi connectivity index (χ0v) is 12.7. The lowest BCUT2D eigenvalue weighted by atomic mass is 10.2. The molecule has 19 heavy (non-hydrogen) atoms.